The first-order chi connectivity index (χ1) is 50.3. The molecule has 1 aromatic heterocycles. The molecule has 10 atom stereocenters. The van der Waals surface area contributed by atoms with Gasteiger partial charge in [-0.3, -0.25) is 72.1 Å². The molecule has 34 nitrogen and oxygen atoms in total. The molecule has 568 valence electrons. The highest BCUT2D eigenvalue weighted by Gasteiger charge is 2.40. The first-order valence-corrected chi connectivity index (χ1v) is 37.1. The smallest absolute Gasteiger partial charge is 0.303 e. The summed E-state index contributed by atoms with van der Waals surface area (Å²) >= 11 is 0. The van der Waals surface area contributed by atoms with Crippen molar-refractivity contribution in [3.8, 4) is 5.75 Å². The fourth-order valence-corrected chi connectivity index (χ4v) is 14.8. The number of para-hydroxylation sites is 1. The SMILES string of the molecule is NCCC(=O)N1CCC[C@H]1C(=O)N[C@@H](Cc1ccc(O)cc1)C(=O)N[C@H]1CSSC[C@H](C(N)=O)NC(=O)[C@H](CCC(=O)O)NC(=O)[C@H](Cc2c[nH]c3ccccc23)NC(=O)[C@H](CCC(=O)O)NC(=O)CCNC(=O)[C@H](CCCN=C(N)N)NC(=O)[C@H](Cc2ccccc2)NC(=O)[C@H](C2CCCC2)NC1=O. The van der Waals surface area contributed by atoms with Crippen LogP contribution in [-0.4, -0.2) is 212 Å². The van der Waals surface area contributed by atoms with E-state index in [2.05, 4.69) is 63.1 Å². The predicted molar refractivity (Wildman–Crippen MR) is 387 cm³/mol. The summed E-state index contributed by atoms with van der Waals surface area (Å²) < 4.78 is 0. The Morgan fingerprint density at radius 1 is 0.619 bits per heavy atom. The lowest BCUT2D eigenvalue weighted by Gasteiger charge is -2.30. The fourth-order valence-electron chi connectivity index (χ4n) is 12.4. The van der Waals surface area contributed by atoms with Crippen LogP contribution >= 0.6 is 21.6 Å². The number of aliphatic imine (C=N–C) groups is 1. The van der Waals surface area contributed by atoms with Gasteiger partial charge in [0.1, 0.15) is 66.2 Å². The Morgan fingerprint density at radius 3 is 1.88 bits per heavy atom. The summed E-state index contributed by atoms with van der Waals surface area (Å²) in [5.74, 6) is -15.1. The molecular weight excluding hydrogens is 1400 g/mol. The maximum atomic E-state index is 15.3. The van der Waals surface area contributed by atoms with Gasteiger partial charge in [0, 0.05) is 99.7 Å². The van der Waals surface area contributed by atoms with Gasteiger partial charge in [0.05, 0.1) is 0 Å². The lowest BCUT2D eigenvalue weighted by molar-refractivity contribution is -0.139. The maximum Gasteiger partial charge on any atom is 0.303 e. The van der Waals surface area contributed by atoms with Crippen molar-refractivity contribution in [2.75, 3.05) is 37.7 Å². The molecule has 7 rings (SSSR count). The number of hydrogen-bond acceptors (Lipinski definition) is 19. The van der Waals surface area contributed by atoms with Gasteiger partial charge in [0.15, 0.2) is 5.96 Å². The summed E-state index contributed by atoms with van der Waals surface area (Å²) in [6, 6.07) is 6.21. The van der Waals surface area contributed by atoms with Crippen molar-refractivity contribution in [2.24, 2.45) is 33.8 Å². The van der Waals surface area contributed by atoms with Crippen LogP contribution in [0.4, 0.5) is 0 Å². The molecule has 22 N–H and O–H groups in total. The number of primary amides is 1. The van der Waals surface area contributed by atoms with Crippen LogP contribution in [0.5, 0.6) is 5.75 Å². The zero-order chi connectivity index (χ0) is 76.1. The summed E-state index contributed by atoms with van der Waals surface area (Å²) in [6.07, 6.45) is 0.602. The zero-order valence-corrected chi connectivity index (χ0v) is 59.4. The number of phenolic OH excluding ortho intramolecular Hbond substituents is 1. The molecular formula is C69H93N17O17S2. The van der Waals surface area contributed by atoms with Gasteiger partial charge in [-0.2, -0.15) is 0 Å². The number of benzene rings is 3. The van der Waals surface area contributed by atoms with Crippen molar-refractivity contribution < 1.29 is 82.4 Å². The van der Waals surface area contributed by atoms with E-state index in [0.29, 0.717) is 59.7 Å². The number of nitrogens with one attached hydrogen (secondary N) is 11. The summed E-state index contributed by atoms with van der Waals surface area (Å²) in [6.45, 7) is -0.174. The van der Waals surface area contributed by atoms with Gasteiger partial charge in [-0.15, -0.1) is 0 Å². The highest BCUT2D eigenvalue weighted by molar-refractivity contribution is 8.76. The number of carboxylic acid groups (broad SMARTS) is 2. The number of rotatable bonds is 24. The average Bonchev–Trinajstić information content (AvgIpc) is 1.75. The minimum atomic E-state index is -1.75. The Kier molecular flexibility index (Phi) is 32.0. The number of aromatic hydroxyl groups is 1. The number of phenols is 1. The minimum Gasteiger partial charge on any atom is -0.508 e. The molecule has 0 unspecified atom stereocenters. The van der Waals surface area contributed by atoms with Gasteiger partial charge in [0.2, 0.25) is 70.9 Å². The second kappa shape index (κ2) is 41.1. The van der Waals surface area contributed by atoms with E-state index in [9.17, 15) is 68.1 Å². The van der Waals surface area contributed by atoms with Crippen LogP contribution in [0.2, 0.25) is 0 Å². The topological polar surface area (TPSA) is 555 Å². The Bertz CT molecular complexity index is 3760. The van der Waals surface area contributed by atoms with Crippen LogP contribution in [0, 0.1) is 5.92 Å². The number of aromatic amines is 1. The molecule has 2 aliphatic heterocycles. The van der Waals surface area contributed by atoms with E-state index in [-0.39, 0.29) is 93.7 Å². The molecule has 3 heterocycles. The van der Waals surface area contributed by atoms with Crippen molar-refractivity contribution in [3.63, 3.8) is 0 Å². The molecule has 0 radical (unpaired) electrons. The zero-order valence-electron chi connectivity index (χ0n) is 57.8. The Labute approximate surface area is 612 Å². The number of aliphatic carboxylic acids is 2. The quantitative estimate of drug-likeness (QED) is 0.0156. The molecule has 3 fully saturated rings. The van der Waals surface area contributed by atoms with Crippen molar-refractivity contribution in [3.05, 3.63) is 102 Å². The third-order valence-corrected chi connectivity index (χ3v) is 20.4. The van der Waals surface area contributed by atoms with Crippen LogP contribution in [0.15, 0.2) is 90.1 Å². The maximum absolute atomic E-state index is 15.3. The highest BCUT2D eigenvalue weighted by atomic mass is 33.1. The summed E-state index contributed by atoms with van der Waals surface area (Å²) in [7, 11) is 1.75. The van der Waals surface area contributed by atoms with Crippen LogP contribution in [0.1, 0.15) is 107 Å². The molecule has 105 heavy (non-hydrogen) atoms. The van der Waals surface area contributed by atoms with E-state index in [0.717, 1.165) is 21.6 Å². The van der Waals surface area contributed by atoms with Crippen LogP contribution in [-0.2, 0) is 86.4 Å². The highest BCUT2D eigenvalue weighted by Crippen LogP contribution is 2.30. The second-order valence-corrected chi connectivity index (χ2v) is 28.4. The van der Waals surface area contributed by atoms with Crippen LogP contribution in [0.3, 0.4) is 0 Å². The molecule has 0 bridgehead atoms. The van der Waals surface area contributed by atoms with Crippen LogP contribution < -0.4 is 76.1 Å². The lowest BCUT2D eigenvalue weighted by Crippen LogP contribution is -2.61. The van der Waals surface area contributed by atoms with Crippen molar-refractivity contribution >= 4 is 121 Å². The number of carbonyl (C=O) groups excluding carboxylic acids is 12. The molecule has 3 aliphatic rings. The predicted octanol–water partition coefficient (Wildman–Crippen LogP) is -2.04. The molecule has 2 saturated heterocycles. The van der Waals surface area contributed by atoms with Gasteiger partial charge in [-0.1, -0.05) is 95.1 Å². The molecule has 1 aliphatic carbocycles. The van der Waals surface area contributed by atoms with E-state index in [1.165, 1.54) is 29.2 Å². The van der Waals surface area contributed by atoms with E-state index in [1.807, 2.05) is 0 Å². The molecule has 4 aromatic rings. The Morgan fingerprint density at radius 2 is 1.22 bits per heavy atom. The molecule has 3 aromatic carbocycles. The second-order valence-electron chi connectivity index (χ2n) is 25.8. The molecule has 12 amide bonds. The Balaban J connectivity index is 1.27. The first kappa shape index (κ1) is 81.8. The number of carbonyl (C=O) groups is 14. The lowest BCUT2D eigenvalue weighted by atomic mass is 9.95. The number of nitrogens with zero attached hydrogens (tertiary/aromatic N) is 2. The van der Waals surface area contributed by atoms with E-state index >= 15 is 14.4 Å². The van der Waals surface area contributed by atoms with Gasteiger partial charge < -0.3 is 101 Å². The number of aromatic nitrogens is 1. The number of guanidine groups is 1. The minimum absolute atomic E-state index is 0.000690. The van der Waals surface area contributed by atoms with E-state index < -0.39 is 182 Å². The fraction of sp³-hybridized carbons (Fsp3) is 0.493. The van der Waals surface area contributed by atoms with Gasteiger partial charge >= 0.3 is 11.9 Å². The van der Waals surface area contributed by atoms with Crippen LogP contribution in [0.25, 0.3) is 10.9 Å². The summed E-state index contributed by atoms with van der Waals surface area (Å²) in [5.41, 5.74) is 24.9. The van der Waals surface area contributed by atoms with Crippen molar-refractivity contribution in [1.82, 2.24) is 63.1 Å². The Hall–Kier alpha value is -10.5. The monoisotopic (exact) mass is 1500 g/mol. The number of H-pyrrole nitrogens is 1. The molecule has 1 saturated carbocycles. The standard InChI is InChI=1S/C69H93N17O17S2/c70-28-26-55(89)86-31-9-17-53(86)67(102)81-48(33-39-18-20-42(87)21-19-39)64(99)84-52-37-105-104-36-51(59(71)94)83-62(97)47(23-25-57(92)93)79-65(100)50(34-41-35-76-44-15-7-6-14-43(41)44)80-61(96)46(22-24-56(90)91)77-54(88)27-30-74-60(95)45(16-8-29-75-69(72)73)78-63(98)49(32-38-10-2-1-3-11-38)82-68(103)58(85-66(52)101)40-12-4-5-13-40/h1-3,6-7,10-11,14-15,18-21,35,40,45-53,58,76,87H,4-5,8-9,12-13,16-17,22-34,36-37,70H2,(H2,71,94)(H,74,95)(H,77,88)(H,78,98)(H,79,100)(H,80,96)(H,81,102)(H,82,103)(H,83,97)(H,84,99)(H,85,101)(H,90,91)(H,92,93)(H4,72,73,75)/t45-,46-,47-,48-,49-,50-,51+,52-,53-,58-/m0/s1. The summed E-state index contributed by atoms with van der Waals surface area (Å²) in [4.78, 5) is 205. The van der Waals surface area contributed by atoms with Crippen molar-refractivity contribution in [2.45, 2.75) is 170 Å². The average molecular weight is 1500 g/mol. The van der Waals surface area contributed by atoms with Crippen molar-refractivity contribution in [1.29, 1.82) is 0 Å². The number of likely N-dealkylation sites (tertiary alicyclic amines) is 1. The number of carboxylic acids is 2. The number of nitrogens with two attached hydrogens (primary N) is 4. The van der Waals surface area contributed by atoms with E-state index in [1.54, 1.807) is 60.8 Å². The van der Waals surface area contributed by atoms with E-state index in [4.69, 9.17) is 22.9 Å². The van der Waals surface area contributed by atoms with Gasteiger partial charge in [-0.25, -0.2) is 0 Å². The normalized spacial score (nSPS) is 22.9. The number of amides is 12. The third-order valence-electron chi connectivity index (χ3n) is 18.0. The van der Waals surface area contributed by atoms with Gasteiger partial charge in [-0.05, 0) is 92.2 Å². The largest absolute Gasteiger partial charge is 0.508 e. The molecule has 0 spiro atoms. The number of hydrogen-bond donors (Lipinski definition) is 18. The summed E-state index contributed by atoms with van der Waals surface area (Å²) in [5, 5.41) is 56.9. The first-order valence-electron chi connectivity index (χ1n) is 34.7. The third kappa shape index (κ3) is 26.0. The van der Waals surface area contributed by atoms with Gasteiger partial charge in [0.25, 0.3) is 0 Å². The number of fused-ring (bicyclic) bond motifs is 1. The molecule has 36 heteroatoms.